The quantitative estimate of drug-likeness (QED) is 0.156. The number of aromatic amines is 1. The second kappa shape index (κ2) is 14.3. The number of nitrogens with two attached hydrogens (primary N) is 1. The number of hydrogen-bond acceptors (Lipinski definition) is 8. The Hall–Kier alpha value is -2.85. The predicted molar refractivity (Wildman–Crippen MR) is 148 cm³/mol. The van der Waals surface area contributed by atoms with Gasteiger partial charge in [-0.25, -0.2) is 4.98 Å². The molecule has 0 bridgehead atoms. The second-order valence-corrected chi connectivity index (χ2v) is 10.3. The Labute approximate surface area is 227 Å². The third-order valence-electron chi connectivity index (χ3n) is 5.62. The van der Waals surface area contributed by atoms with Crippen molar-refractivity contribution in [2.45, 2.75) is 39.2 Å². The zero-order valence-corrected chi connectivity index (χ0v) is 22.7. The Bertz CT molecular complexity index is 1350. The molecule has 3 N–H and O–H groups in total. The average molecular weight is 560 g/mol. The topological polar surface area (TPSA) is 127 Å². The number of nitrogens with one attached hydrogen (secondary N) is 1. The number of benzene rings is 2. The standard InChI is InChI=1S/C26H31ClN5O5P/c1-2-22(35-14-19-7-4-3-5-8-19)16-37-38(36-15-20-9-6-10-21(27)13-20)18-34-12-11-32-17-29-23-24(32)30-26(28)31-25(23)33/h3-10,13,17,22H,2,11-12,14-16,18H2,1H3,(H3,28,30,31,33). The number of fused-ring (bicyclic) bond motifs is 1. The fraction of sp³-hybridized carbons (Fsp3) is 0.346. The molecule has 0 radical (unpaired) electrons. The van der Waals surface area contributed by atoms with E-state index in [0.717, 1.165) is 17.5 Å². The highest BCUT2D eigenvalue weighted by Gasteiger charge is 2.17. The van der Waals surface area contributed by atoms with Gasteiger partial charge in [-0.2, -0.15) is 4.98 Å². The zero-order valence-electron chi connectivity index (χ0n) is 21.1. The lowest BCUT2D eigenvalue weighted by molar-refractivity contribution is 0.00466. The van der Waals surface area contributed by atoms with Crippen LogP contribution in [0.3, 0.4) is 0 Å². The van der Waals surface area contributed by atoms with Gasteiger partial charge in [0.15, 0.2) is 19.5 Å². The Kier molecular flexibility index (Phi) is 10.6. The van der Waals surface area contributed by atoms with Crippen molar-refractivity contribution in [3.05, 3.63) is 87.4 Å². The van der Waals surface area contributed by atoms with Crippen LogP contribution in [-0.2, 0) is 38.3 Å². The van der Waals surface area contributed by atoms with E-state index in [1.165, 1.54) is 0 Å². The molecule has 12 heteroatoms. The fourth-order valence-corrected chi connectivity index (χ4v) is 4.90. The maximum atomic E-state index is 12.0. The van der Waals surface area contributed by atoms with Crippen LogP contribution in [0.5, 0.6) is 0 Å². The molecule has 0 aliphatic rings. The summed E-state index contributed by atoms with van der Waals surface area (Å²) in [6.07, 6.45) is 2.52. The maximum absolute atomic E-state index is 12.0. The third-order valence-corrected chi connectivity index (χ3v) is 7.10. The van der Waals surface area contributed by atoms with Crippen LogP contribution in [-0.4, -0.2) is 45.2 Å². The second-order valence-electron chi connectivity index (χ2n) is 8.46. The molecule has 0 fully saturated rings. The average Bonchev–Trinajstić information content (AvgIpc) is 3.32. The Morgan fingerprint density at radius 1 is 1.11 bits per heavy atom. The number of ether oxygens (including phenoxy) is 2. The van der Waals surface area contributed by atoms with E-state index in [9.17, 15) is 4.79 Å². The van der Waals surface area contributed by atoms with E-state index in [1.807, 2.05) is 54.6 Å². The molecule has 2 heterocycles. The lowest BCUT2D eigenvalue weighted by atomic mass is 10.2. The van der Waals surface area contributed by atoms with Crippen LogP contribution >= 0.6 is 20.0 Å². The molecule has 0 aliphatic carbocycles. The molecule has 0 aliphatic heterocycles. The van der Waals surface area contributed by atoms with Crippen molar-refractivity contribution in [2.24, 2.45) is 0 Å². The van der Waals surface area contributed by atoms with Gasteiger partial charge < -0.3 is 28.8 Å². The molecule has 2 atom stereocenters. The molecule has 0 saturated carbocycles. The number of rotatable bonds is 15. The lowest BCUT2D eigenvalue weighted by Gasteiger charge is -2.22. The molecule has 4 rings (SSSR count). The van der Waals surface area contributed by atoms with Crippen LogP contribution < -0.4 is 11.3 Å². The van der Waals surface area contributed by atoms with Gasteiger partial charge in [0, 0.05) is 11.6 Å². The van der Waals surface area contributed by atoms with E-state index < -0.39 is 8.38 Å². The molecule has 2 unspecified atom stereocenters. The number of nitrogens with zero attached hydrogens (tertiary/aromatic N) is 3. The van der Waals surface area contributed by atoms with E-state index in [4.69, 9.17) is 35.9 Å². The summed E-state index contributed by atoms with van der Waals surface area (Å²) in [5.74, 6) is 0.0384. The maximum Gasteiger partial charge on any atom is 0.280 e. The number of imidazole rings is 1. The molecule has 202 valence electrons. The first-order chi connectivity index (χ1) is 18.5. The van der Waals surface area contributed by atoms with Crippen molar-refractivity contribution >= 4 is 37.1 Å². The van der Waals surface area contributed by atoms with Crippen LogP contribution in [0.15, 0.2) is 65.7 Å². The highest BCUT2D eigenvalue weighted by molar-refractivity contribution is 7.47. The van der Waals surface area contributed by atoms with Gasteiger partial charge in [0.1, 0.15) is 6.35 Å². The van der Waals surface area contributed by atoms with E-state index in [-0.39, 0.29) is 29.5 Å². The summed E-state index contributed by atoms with van der Waals surface area (Å²) in [6.45, 7) is 4.07. The number of H-pyrrole nitrogens is 1. The van der Waals surface area contributed by atoms with Crippen LogP contribution in [0, 0.1) is 0 Å². The molecule has 10 nitrogen and oxygen atoms in total. The summed E-state index contributed by atoms with van der Waals surface area (Å²) < 4.78 is 25.9. The van der Waals surface area contributed by atoms with Gasteiger partial charge in [-0.1, -0.05) is 61.0 Å². The molecule has 0 amide bonds. The summed E-state index contributed by atoms with van der Waals surface area (Å²) in [5, 5.41) is 0.647. The highest BCUT2D eigenvalue weighted by atomic mass is 35.5. The first kappa shape index (κ1) is 28.2. The molecule has 0 saturated heterocycles. The van der Waals surface area contributed by atoms with E-state index in [1.54, 1.807) is 10.9 Å². The van der Waals surface area contributed by atoms with E-state index >= 15 is 0 Å². The number of aromatic nitrogens is 4. The van der Waals surface area contributed by atoms with Gasteiger partial charge in [-0.15, -0.1) is 0 Å². The van der Waals surface area contributed by atoms with Gasteiger partial charge in [-0.05, 0) is 29.7 Å². The van der Waals surface area contributed by atoms with Crippen LogP contribution in [0.2, 0.25) is 5.02 Å². The van der Waals surface area contributed by atoms with Gasteiger partial charge >= 0.3 is 0 Å². The molecule has 38 heavy (non-hydrogen) atoms. The first-order valence-electron chi connectivity index (χ1n) is 12.2. The minimum atomic E-state index is -1.37. The first-order valence-corrected chi connectivity index (χ1v) is 14.0. The fourth-order valence-electron chi connectivity index (χ4n) is 3.56. The number of nitrogen functional groups attached to an aromatic ring is 1. The van der Waals surface area contributed by atoms with Crippen molar-refractivity contribution in [1.29, 1.82) is 0 Å². The minimum absolute atomic E-state index is 0.0384. The number of halogens is 1. The van der Waals surface area contributed by atoms with Crippen LogP contribution in [0.25, 0.3) is 11.2 Å². The van der Waals surface area contributed by atoms with Crippen molar-refractivity contribution < 1.29 is 18.5 Å². The monoisotopic (exact) mass is 559 g/mol. The number of anilines is 1. The van der Waals surface area contributed by atoms with Gasteiger partial charge in [0.05, 0.1) is 38.9 Å². The van der Waals surface area contributed by atoms with Gasteiger partial charge in [-0.3, -0.25) is 9.78 Å². The normalized spacial score (nSPS) is 13.1. The molecule has 2 aromatic carbocycles. The van der Waals surface area contributed by atoms with Gasteiger partial charge in [0.2, 0.25) is 5.95 Å². The summed E-state index contributed by atoms with van der Waals surface area (Å²) in [4.78, 5) is 22.7. The van der Waals surface area contributed by atoms with Crippen LogP contribution in [0.1, 0.15) is 24.5 Å². The highest BCUT2D eigenvalue weighted by Crippen LogP contribution is 2.40. The molecular weight excluding hydrogens is 529 g/mol. The Balaban J connectivity index is 1.31. The van der Waals surface area contributed by atoms with Crippen molar-refractivity contribution in [3.8, 4) is 0 Å². The Morgan fingerprint density at radius 3 is 2.71 bits per heavy atom. The SMILES string of the molecule is CCC(COP(COCCn1cnc2c(=O)[nH]c(N)nc21)OCc1cccc(Cl)c1)OCc1ccccc1. The molecular formula is C26H31ClN5O5P. The molecule has 4 aromatic rings. The van der Waals surface area contributed by atoms with E-state index in [0.29, 0.717) is 43.6 Å². The van der Waals surface area contributed by atoms with Crippen molar-refractivity contribution in [1.82, 2.24) is 19.5 Å². The zero-order chi connectivity index (χ0) is 26.7. The summed E-state index contributed by atoms with van der Waals surface area (Å²) in [6, 6.07) is 17.5. The summed E-state index contributed by atoms with van der Waals surface area (Å²) >= 11 is 6.11. The van der Waals surface area contributed by atoms with Crippen LogP contribution in [0.4, 0.5) is 5.95 Å². The molecule has 2 aromatic heterocycles. The summed E-state index contributed by atoms with van der Waals surface area (Å²) in [5.41, 5.74) is 7.99. The third kappa shape index (κ3) is 8.33. The lowest BCUT2D eigenvalue weighted by Crippen LogP contribution is -2.18. The Morgan fingerprint density at radius 2 is 1.92 bits per heavy atom. The smallest absolute Gasteiger partial charge is 0.280 e. The van der Waals surface area contributed by atoms with Crippen molar-refractivity contribution in [2.75, 3.05) is 25.3 Å². The van der Waals surface area contributed by atoms with E-state index in [2.05, 4.69) is 21.9 Å². The number of hydrogen-bond donors (Lipinski definition) is 2. The van der Waals surface area contributed by atoms with Gasteiger partial charge in [0.25, 0.3) is 5.56 Å². The van der Waals surface area contributed by atoms with Crippen molar-refractivity contribution in [3.63, 3.8) is 0 Å². The largest absolute Gasteiger partial charge is 0.371 e. The predicted octanol–water partition coefficient (Wildman–Crippen LogP) is 4.87. The summed E-state index contributed by atoms with van der Waals surface area (Å²) in [7, 11) is -1.37. The molecule has 0 spiro atoms. The minimum Gasteiger partial charge on any atom is -0.371 e.